The number of nitrogens with one attached hydrogen (secondary N) is 2. The van der Waals surface area contributed by atoms with Gasteiger partial charge in [0, 0.05) is 35.4 Å². The van der Waals surface area contributed by atoms with Gasteiger partial charge in [-0.2, -0.15) is 0 Å². The van der Waals surface area contributed by atoms with Gasteiger partial charge in [0.2, 0.25) is 0 Å². The average molecular weight is 306 g/mol. The predicted molar refractivity (Wildman–Crippen MR) is 76.9 cm³/mol. The number of hydrogen-bond acceptors (Lipinski definition) is 6. The lowest BCUT2D eigenvalue weighted by Gasteiger charge is -2.13. The molecule has 0 aromatic carbocycles. The lowest BCUT2D eigenvalue weighted by molar-refractivity contribution is -0.125. The van der Waals surface area contributed by atoms with E-state index < -0.39 is 35.7 Å². The van der Waals surface area contributed by atoms with Gasteiger partial charge >= 0.3 is 0 Å². The van der Waals surface area contributed by atoms with Crippen LogP contribution >= 0.6 is 0 Å². The first-order chi connectivity index (χ1) is 10.4. The molecule has 2 heterocycles. The van der Waals surface area contributed by atoms with Crippen LogP contribution in [0.15, 0.2) is 23.3 Å². The smallest absolute Gasteiger partial charge is 0.255 e. The van der Waals surface area contributed by atoms with Gasteiger partial charge in [0.15, 0.2) is 0 Å². The SMILES string of the molecule is NC(CCCCC(N)C1=CC(=O)NC1=O)C1=CC(=O)NC1=O. The molecule has 22 heavy (non-hydrogen) atoms. The van der Waals surface area contributed by atoms with Gasteiger partial charge in [-0.3, -0.25) is 29.8 Å². The minimum atomic E-state index is -0.502. The number of rotatable bonds is 7. The summed E-state index contributed by atoms with van der Waals surface area (Å²) in [6, 6.07) is -1.00. The second-order valence-corrected chi connectivity index (χ2v) is 5.33. The van der Waals surface area contributed by atoms with E-state index >= 15 is 0 Å². The van der Waals surface area contributed by atoms with Crippen molar-refractivity contribution in [2.45, 2.75) is 37.8 Å². The van der Waals surface area contributed by atoms with Crippen molar-refractivity contribution in [1.29, 1.82) is 0 Å². The van der Waals surface area contributed by atoms with Crippen molar-refractivity contribution in [2.24, 2.45) is 11.5 Å². The summed E-state index contributed by atoms with van der Waals surface area (Å²) >= 11 is 0. The van der Waals surface area contributed by atoms with Gasteiger partial charge < -0.3 is 11.5 Å². The summed E-state index contributed by atoms with van der Waals surface area (Å²) in [5, 5.41) is 4.30. The van der Waals surface area contributed by atoms with E-state index in [1.165, 1.54) is 12.2 Å². The molecule has 0 saturated carbocycles. The van der Waals surface area contributed by atoms with E-state index in [4.69, 9.17) is 11.5 Å². The van der Waals surface area contributed by atoms with Gasteiger partial charge in [-0.25, -0.2) is 0 Å². The summed E-state index contributed by atoms with van der Waals surface area (Å²) < 4.78 is 0. The molecule has 0 aliphatic carbocycles. The molecule has 8 nitrogen and oxygen atoms in total. The van der Waals surface area contributed by atoms with Gasteiger partial charge in [-0.05, 0) is 12.8 Å². The highest BCUT2D eigenvalue weighted by molar-refractivity contribution is 6.17. The molecular weight excluding hydrogens is 288 g/mol. The standard InChI is InChI=1S/C14H18N4O4/c15-9(7-5-11(19)17-13(7)21)3-1-2-4-10(16)8-6-12(20)18-14(8)22/h5-6,9-10H,1-4,15-16H2,(H,17,19,21)(H,18,20,22). The highest BCUT2D eigenvalue weighted by Gasteiger charge is 2.27. The number of carbonyl (C=O) groups is 4. The summed E-state index contributed by atoms with van der Waals surface area (Å²) in [6.45, 7) is 0. The second-order valence-electron chi connectivity index (χ2n) is 5.33. The molecule has 2 atom stereocenters. The Hall–Kier alpha value is -2.32. The Morgan fingerprint density at radius 3 is 1.41 bits per heavy atom. The number of hydrogen-bond donors (Lipinski definition) is 4. The van der Waals surface area contributed by atoms with Crippen molar-refractivity contribution < 1.29 is 19.2 Å². The highest BCUT2D eigenvalue weighted by Crippen LogP contribution is 2.16. The lowest BCUT2D eigenvalue weighted by Crippen LogP contribution is -2.31. The Kier molecular flexibility index (Phi) is 4.84. The van der Waals surface area contributed by atoms with E-state index in [0.717, 1.165) is 0 Å². The van der Waals surface area contributed by atoms with Crippen LogP contribution in [0.3, 0.4) is 0 Å². The summed E-state index contributed by atoms with van der Waals surface area (Å²) in [4.78, 5) is 44.9. The third-order valence-corrected chi connectivity index (χ3v) is 3.65. The molecule has 0 aromatic rings. The lowest BCUT2D eigenvalue weighted by atomic mass is 9.98. The first kappa shape index (κ1) is 16.1. The monoisotopic (exact) mass is 306 g/mol. The summed E-state index contributed by atoms with van der Waals surface area (Å²) in [5.41, 5.74) is 12.3. The van der Waals surface area contributed by atoms with Crippen molar-refractivity contribution in [3.05, 3.63) is 23.3 Å². The number of amides is 4. The number of nitrogens with two attached hydrogens (primary N) is 2. The van der Waals surface area contributed by atoms with E-state index in [-0.39, 0.29) is 11.1 Å². The summed E-state index contributed by atoms with van der Waals surface area (Å²) in [6.07, 6.45) is 4.88. The van der Waals surface area contributed by atoms with E-state index in [0.29, 0.717) is 25.7 Å². The zero-order valence-electron chi connectivity index (χ0n) is 11.9. The molecular formula is C14H18N4O4. The number of carbonyl (C=O) groups excluding carboxylic acids is 4. The predicted octanol–water partition coefficient (Wildman–Crippen LogP) is -1.63. The van der Waals surface area contributed by atoms with Gasteiger partial charge in [0.25, 0.3) is 23.6 Å². The maximum absolute atomic E-state index is 11.4. The molecule has 2 unspecified atom stereocenters. The van der Waals surface area contributed by atoms with Gasteiger partial charge in [0.1, 0.15) is 0 Å². The topological polar surface area (TPSA) is 144 Å². The molecule has 2 aliphatic heterocycles. The normalized spacial score (nSPS) is 20.5. The molecule has 0 fully saturated rings. The molecule has 0 saturated heterocycles. The summed E-state index contributed by atoms with van der Waals surface area (Å²) in [5.74, 6) is -1.77. The van der Waals surface area contributed by atoms with Crippen LogP contribution in [0.4, 0.5) is 0 Å². The van der Waals surface area contributed by atoms with Gasteiger partial charge in [-0.15, -0.1) is 0 Å². The van der Waals surface area contributed by atoms with Crippen LogP contribution in [0, 0.1) is 0 Å². The number of imide groups is 2. The van der Waals surface area contributed by atoms with Crippen LogP contribution in [0.5, 0.6) is 0 Å². The zero-order chi connectivity index (χ0) is 16.3. The zero-order valence-corrected chi connectivity index (χ0v) is 11.9. The Morgan fingerprint density at radius 1 is 0.773 bits per heavy atom. The minimum absolute atomic E-state index is 0.290. The molecule has 2 aliphatic rings. The van der Waals surface area contributed by atoms with Crippen molar-refractivity contribution in [3.8, 4) is 0 Å². The molecule has 6 N–H and O–H groups in total. The highest BCUT2D eigenvalue weighted by atomic mass is 16.2. The van der Waals surface area contributed by atoms with Gasteiger partial charge in [0.05, 0.1) is 0 Å². The van der Waals surface area contributed by atoms with Crippen molar-refractivity contribution in [1.82, 2.24) is 10.6 Å². The maximum Gasteiger partial charge on any atom is 0.255 e. The molecule has 0 bridgehead atoms. The van der Waals surface area contributed by atoms with Crippen molar-refractivity contribution in [3.63, 3.8) is 0 Å². The first-order valence-corrected chi connectivity index (χ1v) is 7.03. The third-order valence-electron chi connectivity index (χ3n) is 3.65. The van der Waals surface area contributed by atoms with Crippen LogP contribution in [0.2, 0.25) is 0 Å². The molecule has 0 aromatic heterocycles. The number of unbranched alkanes of at least 4 members (excludes halogenated alkanes) is 1. The fraction of sp³-hybridized carbons (Fsp3) is 0.429. The Morgan fingerprint density at radius 2 is 1.14 bits per heavy atom. The second kappa shape index (κ2) is 6.63. The molecule has 2 rings (SSSR count). The molecule has 4 amide bonds. The van der Waals surface area contributed by atoms with Crippen LogP contribution in [-0.4, -0.2) is 35.7 Å². The molecule has 0 radical (unpaired) electrons. The molecule has 0 spiro atoms. The van der Waals surface area contributed by atoms with Crippen LogP contribution in [0.25, 0.3) is 0 Å². The van der Waals surface area contributed by atoms with Crippen LogP contribution < -0.4 is 22.1 Å². The van der Waals surface area contributed by atoms with E-state index in [1.54, 1.807) is 0 Å². The maximum atomic E-state index is 11.4. The van der Waals surface area contributed by atoms with E-state index in [1.807, 2.05) is 0 Å². The fourth-order valence-corrected chi connectivity index (χ4v) is 2.44. The Balaban J connectivity index is 1.73. The Labute approximate surface area is 127 Å². The third kappa shape index (κ3) is 3.66. The van der Waals surface area contributed by atoms with Crippen molar-refractivity contribution >= 4 is 23.6 Å². The van der Waals surface area contributed by atoms with E-state index in [9.17, 15) is 19.2 Å². The van der Waals surface area contributed by atoms with E-state index in [2.05, 4.69) is 10.6 Å². The summed E-state index contributed by atoms with van der Waals surface area (Å²) in [7, 11) is 0. The minimum Gasteiger partial charge on any atom is -0.324 e. The van der Waals surface area contributed by atoms with Crippen LogP contribution in [0.1, 0.15) is 25.7 Å². The van der Waals surface area contributed by atoms with Crippen molar-refractivity contribution in [2.75, 3.05) is 0 Å². The van der Waals surface area contributed by atoms with Gasteiger partial charge in [-0.1, -0.05) is 12.8 Å². The first-order valence-electron chi connectivity index (χ1n) is 7.03. The Bertz CT molecular complexity index is 542. The quantitative estimate of drug-likeness (QED) is 0.328. The average Bonchev–Trinajstić information content (AvgIpc) is 2.96. The molecule has 8 heteroatoms. The largest absolute Gasteiger partial charge is 0.324 e. The fourth-order valence-electron chi connectivity index (χ4n) is 2.44. The van der Waals surface area contributed by atoms with Crippen LogP contribution in [-0.2, 0) is 19.2 Å². The molecule has 118 valence electrons.